The summed E-state index contributed by atoms with van der Waals surface area (Å²) in [5.41, 5.74) is 3.14. The number of hydrogen-bond acceptors (Lipinski definition) is 3. The third-order valence-electron chi connectivity index (χ3n) is 5.90. The highest BCUT2D eigenvalue weighted by Crippen LogP contribution is 2.30. The predicted octanol–water partition coefficient (Wildman–Crippen LogP) is 3.83. The van der Waals surface area contributed by atoms with Crippen molar-refractivity contribution in [2.24, 2.45) is 0 Å². The second-order valence-corrected chi connectivity index (χ2v) is 7.80. The van der Waals surface area contributed by atoms with Gasteiger partial charge in [0.15, 0.2) is 0 Å². The number of para-hydroxylation sites is 1. The molecule has 0 saturated heterocycles. The molecule has 2 atom stereocenters. The van der Waals surface area contributed by atoms with Crippen molar-refractivity contribution in [2.75, 3.05) is 11.9 Å². The molecule has 0 bridgehead atoms. The van der Waals surface area contributed by atoms with E-state index in [0.717, 1.165) is 34.0 Å². The molecule has 0 spiro atoms. The Hall–Kier alpha value is -2.89. The Morgan fingerprint density at radius 2 is 1.77 bits per heavy atom. The number of carbonyl (C=O) groups is 2. The summed E-state index contributed by atoms with van der Waals surface area (Å²) in [5, 5.41) is 8.18. The topological polar surface area (TPSA) is 61.4 Å². The van der Waals surface area contributed by atoms with Crippen molar-refractivity contribution in [3.8, 4) is 0 Å². The second-order valence-electron chi connectivity index (χ2n) is 7.80. The van der Waals surface area contributed by atoms with Crippen LogP contribution in [0.2, 0.25) is 0 Å². The number of aryl methyl sites for hydroxylation is 1. The summed E-state index contributed by atoms with van der Waals surface area (Å²) in [6.07, 6.45) is 1.33. The summed E-state index contributed by atoms with van der Waals surface area (Å²) >= 11 is 0. The molecule has 0 fully saturated rings. The zero-order chi connectivity index (χ0) is 21.1. The van der Waals surface area contributed by atoms with Gasteiger partial charge in [-0.1, -0.05) is 60.7 Å². The van der Waals surface area contributed by atoms with Gasteiger partial charge in [-0.15, -0.1) is 12.4 Å². The van der Waals surface area contributed by atoms with E-state index in [-0.39, 0.29) is 30.3 Å². The number of carbonyl (C=O) groups excluding carboxylic acids is 2. The Morgan fingerprint density at radius 1 is 1.06 bits per heavy atom. The molecule has 1 heterocycles. The van der Waals surface area contributed by atoms with Crippen LogP contribution in [0.15, 0.2) is 66.7 Å². The molecule has 0 aromatic heterocycles. The van der Waals surface area contributed by atoms with Crippen molar-refractivity contribution in [1.82, 2.24) is 10.6 Å². The molecule has 1 aliphatic heterocycles. The average molecular weight is 438 g/mol. The monoisotopic (exact) mass is 437 g/mol. The van der Waals surface area contributed by atoms with E-state index in [1.54, 1.807) is 14.0 Å². The van der Waals surface area contributed by atoms with Crippen molar-refractivity contribution < 1.29 is 9.59 Å². The van der Waals surface area contributed by atoms with Gasteiger partial charge in [0.1, 0.15) is 6.04 Å². The molecule has 0 radical (unpaired) electrons. The van der Waals surface area contributed by atoms with Gasteiger partial charge >= 0.3 is 0 Å². The van der Waals surface area contributed by atoms with Gasteiger partial charge < -0.3 is 15.5 Å². The van der Waals surface area contributed by atoms with E-state index in [9.17, 15) is 9.59 Å². The average Bonchev–Trinajstić information content (AvgIpc) is 2.91. The van der Waals surface area contributed by atoms with E-state index in [0.29, 0.717) is 13.0 Å². The predicted molar refractivity (Wildman–Crippen MR) is 128 cm³/mol. The van der Waals surface area contributed by atoms with E-state index in [2.05, 4.69) is 41.0 Å². The summed E-state index contributed by atoms with van der Waals surface area (Å²) in [6.45, 7) is 2.25. The van der Waals surface area contributed by atoms with E-state index in [4.69, 9.17) is 0 Å². The van der Waals surface area contributed by atoms with Crippen LogP contribution in [-0.2, 0) is 22.6 Å². The largest absolute Gasteiger partial charge is 0.343 e. The minimum Gasteiger partial charge on any atom is -0.343 e. The number of benzene rings is 3. The maximum Gasteiger partial charge on any atom is 0.249 e. The highest BCUT2D eigenvalue weighted by atomic mass is 35.5. The molecule has 5 nitrogen and oxygen atoms in total. The van der Waals surface area contributed by atoms with Crippen LogP contribution in [0.3, 0.4) is 0 Å². The lowest BCUT2D eigenvalue weighted by atomic mass is 10.0. The first-order chi connectivity index (χ1) is 14.6. The molecular weight excluding hydrogens is 410 g/mol. The maximum atomic E-state index is 13.6. The van der Waals surface area contributed by atoms with Crippen molar-refractivity contribution in [3.05, 3.63) is 77.9 Å². The Bertz CT molecular complexity index is 1080. The van der Waals surface area contributed by atoms with Crippen molar-refractivity contribution >= 4 is 40.7 Å². The first kappa shape index (κ1) is 22.8. The molecule has 162 valence electrons. The summed E-state index contributed by atoms with van der Waals surface area (Å²) < 4.78 is 0. The fourth-order valence-corrected chi connectivity index (χ4v) is 4.04. The molecule has 31 heavy (non-hydrogen) atoms. The Labute approximate surface area is 189 Å². The van der Waals surface area contributed by atoms with Crippen LogP contribution in [-0.4, -0.2) is 30.9 Å². The van der Waals surface area contributed by atoms with E-state index in [1.165, 1.54) is 0 Å². The van der Waals surface area contributed by atoms with E-state index >= 15 is 0 Å². The minimum atomic E-state index is -0.546. The maximum absolute atomic E-state index is 13.6. The lowest BCUT2D eigenvalue weighted by molar-refractivity contribution is -0.128. The molecule has 1 aliphatic rings. The molecule has 3 aromatic rings. The second kappa shape index (κ2) is 9.94. The van der Waals surface area contributed by atoms with Crippen LogP contribution in [0.1, 0.15) is 24.5 Å². The van der Waals surface area contributed by atoms with Crippen molar-refractivity contribution in [2.45, 2.75) is 38.4 Å². The number of hydrogen-bond donors (Lipinski definition) is 2. The zero-order valence-corrected chi connectivity index (χ0v) is 18.6. The molecule has 0 saturated carbocycles. The van der Waals surface area contributed by atoms with Gasteiger partial charge in [-0.2, -0.15) is 0 Å². The molecule has 2 amide bonds. The number of fused-ring (bicyclic) bond motifs is 2. The van der Waals surface area contributed by atoms with Crippen LogP contribution in [0.5, 0.6) is 0 Å². The summed E-state index contributed by atoms with van der Waals surface area (Å²) in [5.74, 6) is -0.226. The smallest absolute Gasteiger partial charge is 0.249 e. The summed E-state index contributed by atoms with van der Waals surface area (Å²) in [6, 6.07) is 21.5. The Morgan fingerprint density at radius 3 is 2.58 bits per heavy atom. The molecule has 6 heteroatoms. The normalized spacial score (nSPS) is 16.8. The quantitative estimate of drug-likeness (QED) is 0.637. The number of amides is 2. The van der Waals surface area contributed by atoms with Gasteiger partial charge in [0.25, 0.3) is 0 Å². The molecule has 0 aliphatic carbocycles. The molecule has 3 aromatic carbocycles. The number of likely N-dealkylation sites (N-methyl/N-ethyl adjacent to an activating group) is 1. The molecule has 2 unspecified atom stereocenters. The fraction of sp³-hybridized carbons (Fsp3) is 0.280. The zero-order valence-electron chi connectivity index (χ0n) is 17.8. The summed E-state index contributed by atoms with van der Waals surface area (Å²) in [7, 11) is 1.74. The minimum absolute atomic E-state index is 0. The summed E-state index contributed by atoms with van der Waals surface area (Å²) in [4.78, 5) is 27.9. The third kappa shape index (κ3) is 4.73. The van der Waals surface area contributed by atoms with E-state index in [1.807, 2.05) is 41.3 Å². The fourth-order valence-electron chi connectivity index (χ4n) is 4.04. The molecular formula is C25H28ClN3O2. The van der Waals surface area contributed by atoms with Gasteiger partial charge in [-0.05, 0) is 54.8 Å². The van der Waals surface area contributed by atoms with E-state index < -0.39 is 6.04 Å². The van der Waals surface area contributed by atoms with Crippen molar-refractivity contribution in [1.29, 1.82) is 0 Å². The SMILES string of the molecule is CNC(C)C(=O)NC1CCc2ccccc2N(Cc2cccc3ccccc23)C1=O.Cl. The Kier molecular flexibility index (Phi) is 7.31. The van der Waals surface area contributed by atoms with Crippen LogP contribution < -0.4 is 15.5 Å². The first-order valence-electron chi connectivity index (χ1n) is 10.4. The third-order valence-corrected chi connectivity index (χ3v) is 5.90. The highest BCUT2D eigenvalue weighted by Gasteiger charge is 2.32. The van der Waals surface area contributed by atoms with Crippen LogP contribution in [0.4, 0.5) is 5.69 Å². The number of anilines is 1. The first-order valence-corrected chi connectivity index (χ1v) is 10.4. The van der Waals surface area contributed by atoms with Gasteiger partial charge in [0, 0.05) is 5.69 Å². The number of halogens is 1. The number of rotatable bonds is 5. The van der Waals surface area contributed by atoms with Crippen LogP contribution in [0, 0.1) is 0 Å². The number of nitrogens with one attached hydrogen (secondary N) is 2. The number of nitrogens with zero attached hydrogens (tertiary/aromatic N) is 1. The Balaban J connectivity index is 0.00000272. The molecule has 4 rings (SSSR count). The van der Waals surface area contributed by atoms with Gasteiger partial charge in [0.2, 0.25) is 11.8 Å². The molecule has 2 N–H and O–H groups in total. The lowest BCUT2D eigenvalue weighted by Gasteiger charge is -2.27. The van der Waals surface area contributed by atoms with Gasteiger partial charge in [-0.3, -0.25) is 9.59 Å². The van der Waals surface area contributed by atoms with Crippen LogP contribution in [0.25, 0.3) is 10.8 Å². The van der Waals surface area contributed by atoms with Gasteiger partial charge in [0.05, 0.1) is 12.6 Å². The van der Waals surface area contributed by atoms with Crippen LogP contribution >= 0.6 is 12.4 Å². The van der Waals surface area contributed by atoms with Crippen molar-refractivity contribution in [3.63, 3.8) is 0 Å². The van der Waals surface area contributed by atoms with Gasteiger partial charge in [-0.25, -0.2) is 0 Å². The standard InChI is InChI=1S/C25H27N3O2.ClH/c1-17(26-2)24(29)27-22-15-14-19-9-4-6-13-23(19)28(25(22)30)16-20-11-7-10-18-8-3-5-12-21(18)20;/h3-13,17,22,26H,14-16H2,1-2H3,(H,27,29);1H. The lowest BCUT2D eigenvalue weighted by Crippen LogP contribution is -2.52. The highest BCUT2D eigenvalue weighted by molar-refractivity contribution is 6.01.